The number of nitrogens with zero attached hydrogens (tertiary/aromatic N) is 2. The van der Waals surface area contributed by atoms with Gasteiger partial charge in [-0.2, -0.15) is 4.98 Å². The number of hydrogen-bond donors (Lipinski definition) is 3. The minimum atomic E-state index is -0.271. The minimum absolute atomic E-state index is 0.100. The number of aromatic nitrogens is 2. The average Bonchev–Trinajstić information content (AvgIpc) is 2.69. The number of halogens is 1. The van der Waals surface area contributed by atoms with Crippen molar-refractivity contribution < 1.29 is 9.13 Å². The number of anilines is 3. The zero-order chi connectivity index (χ0) is 21.5. The van der Waals surface area contributed by atoms with Gasteiger partial charge < -0.3 is 20.7 Å². The number of rotatable bonds is 7. The fraction of sp³-hybridized carbons (Fsp3) is 0.227. The summed E-state index contributed by atoms with van der Waals surface area (Å²) in [4.78, 5) is 8.86. The monoisotopic (exact) mass is 425 g/mol. The fourth-order valence-corrected chi connectivity index (χ4v) is 3.07. The number of benzene rings is 2. The van der Waals surface area contributed by atoms with Crippen LogP contribution in [-0.2, 0) is 0 Å². The second kappa shape index (κ2) is 9.98. The first kappa shape index (κ1) is 21.4. The van der Waals surface area contributed by atoms with Crippen LogP contribution in [0.3, 0.4) is 0 Å². The highest BCUT2D eigenvalue weighted by atomic mass is 32.1. The van der Waals surface area contributed by atoms with Gasteiger partial charge >= 0.3 is 0 Å². The Morgan fingerprint density at radius 3 is 2.47 bits per heavy atom. The summed E-state index contributed by atoms with van der Waals surface area (Å²) in [6.07, 6.45) is 0. The Labute approximate surface area is 180 Å². The molecule has 2 aromatic carbocycles. The van der Waals surface area contributed by atoms with Gasteiger partial charge in [-0.3, -0.25) is 0 Å². The third kappa shape index (κ3) is 6.12. The minimum Gasteiger partial charge on any atom is -0.494 e. The summed E-state index contributed by atoms with van der Waals surface area (Å²) in [5.41, 5.74) is 2.59. The third-order valence-corrected chi connectivity index (χ3v) is 4.45. The highest BCUT2D eigenvalue weighted by Gasteiger charge is 2.10. The maximum atomic E-state index is 13.1. The van der Waals surface area contributed by atoms with Gasteiger partial charge in [0.25, 0.3) is 0 Å². The Kier molecular flexibility index (Phi) is 7.13. The molecule has 3 N–H and O–H groups in total. The molecule has 0 amide bonds. The molecule has 1 unspecified atom stereocenters. The Bertz CT molecular complexity index is 995. The normalized spacial score (nSPS) is 11.5. The zero-order valence-corrected chi connectivity index (χ0v) is 17.9. The topological polar surface area (TPSA) is 71.1 Å². The second-order valence-electron chi connectivity index (χ2n) is 6.67. The first-order chi connectivity index (χ1) is 14.4. The molecule has 0 aliphatic carbocycles. The number of nitrogens with one attached hydrogen (secondary N) is 3. The molecular formula is C22H24FN5OS. The van der Waals surface area contributed by atoms with Crippen LogP contribution in [-0.4, -0.2) is 21.7 Å². The fourth-order valence-electron chi connectivity index (χ4n) is 2.81. The lowest BCUT2D eigenvalue weighted by Crippen LogP contribution is -2.31. The molecule has 156 valence electrons. The molecule has 0 aliphatic rings. The number of thiocarbonyl (C=S) groups is 1. The standard InChI is InChI=1S/C22H24FN5OS/c1-4-29-19-11-9-18(10-12-19)26-20-13-14(2)24-21(27-20)28-22(30)25-15(3)16-5-7-17(23)8-6-16/h5-13,15H,4H2,1-3H3,(H3,24,25,26,27,28,30). The van der Waals surface area contributed by atoms with Crippen molar-refractivity contribution in [3.05, 3.63) is 71.7 Å². The van der Waals surface area contributed by atoms with E-state index in [9.17, 15) is 4.39 Å². The SMILES string of the molecule is CCOc1ccc(Nc2cc(C)nc(NC(=S)NC(C)c3ccc(F)cc3)n2)cc1. The highest BCUT2D eigenvalue weighted by molar-refractivity contribution is 7.80. The molecule has 0 saturated carbocycles. The molecule has 3 aromatic rings. The van der Waals surface area contributed by atoms with Gasteiger partial charge in [0.15, 0.2) is 5.11 Å². The van der Waals surface area contributed by atoms with Crippen molar-refractivity contribution in [2.45, 2.75) is 26.8 Å². The van der Waals surface area contributed by atoms with Gasteiger partial charge in [-0.15, -0.1) is 0 Å². The van der Waals surface area contributed by atoms with Crippen molar-refractivity contribution in [2.75, 3.05) is 17.2 Å². The van der Waals surface area contributed by atoms with Crippen LogP contribution in [0.2, 0.25) is 0 Å². The van der Waals surface area contributed by atoms with Crippen molar-refractivity contribution in [1.29, 1.82) is 0 Å². The van der Waals surface area contributed by atoms with Crippen molar-refractivity contribution in [3.8, 4) is 5.75 Å². The third-order valence-electron chi connectivity index (χ3n) is 4.23. The van der Waals surface area contributed by atoms with Crippen LogP contribution in [0.15, 0.2) is 54.6 Å². The lowest BCUT2D eigenvalue weighted by atomic mass is 10.1. The van der Waals surface area contributed by atoms with Crippen LogP contribution < -0.4 is 20.7 Å². The van der Waals surface area contributed by atoms with E-state index in [0.717, 1.165) is 22.7 Å². The van der Waals surface area contributed by atoms with E-state index in [1.165, 1.54) is 12.1 Å². The van der Waals surface area contributed by atoms with Gasteiger partial charge in [0.2, 0.25) is 5.95 Å². The summed E-state index contributed by atoms with van der Waals surface area (Å²) < 4.78 is 18.6. The summed E-state index contributed by atoms with van der Waals surface area (Å²) >= 11 is 5.38. The molecule has 0 saturated heterocycles. The first-order valence-electron chi connectivity index (χ1n) is 9.61. The summed E-state index contributed by atoms with van der Waals surface area (Å²) in [7, 11) is 0. The van der Waals surface area contributed by atoms with E-state index in [0.29, 0.717) is 23.5 Å². The number of aryl methyl sites for hydroxylation is 1. The molecule has 0 bridgehead atoms. The molecule has 0 aliphatic heterocycles. The van der Waals surface area contributed by atoms with Gasteiger partial charge in [0.1, 0.15) is 17.4 Å². The second-order valence-corrected chi connectivity index (χ2v) is 7.08. The molecule has 0 radical (unpaired) electrons. The van der Waals surface area contributed by atoms with Gasteiger partial charge in [-0.25, -0.2) is 9.37 Å². The van der Waals surface area contributed by atoms with Crippen molar-refractivity contribution in [2.24, 2.45) is 0 Å². The van der Waals surface area contributed by atoms with E-state index in [2.05, 4.69) is 25.9 Å². The first-order valence-corrected chi connectivity index (χ1v) is 10.0. The molecule has 1 aromatic heterocycles. The molecule has 0 spiro atoms. The van der Waals surface area contributed by atoms with Crippen LogP contribution in [0.4, 0.5) is 21.8 Å². The highest BCUT2D eigenvalue weighted by Crippen LogP contribution is 2.20. The van der Waals surface area contributed by atoms with Crippen LogP contribution in [0.1, 0.15) is 31.1 Å². The van der Waals surface area contributed by atoms with Crippen LogP contribution >= 0.6 is 12.2 Å². The van der Waals surface area contributed by atoms with Crippen LogP contribution in [0.5, 0.6) is 5.75 Å². The average molecular weight is 426 g/mol. The van der Waals surface area contributed by atoms with Gasteiger partial charge in [0, 0.05) is 17.4 Å². The summed E-state index contributed by atoms with van der Waals surface area (Å²) in [6, 6.07) is 15.7. The predicted molar refractivity (Wildman–Crippen MR) is 122 cm³/mol. The molecule has 8 heteroatoms. The molecule has 0 fully saturated rings. The Morgan fingerprint density at radius 2 is 1.80 bits per heavy atom. The molecular weight excluding hydrogens is 401 g/mol. The summed E-state index contributed by atoms with van der Waals surface area (Å²) in [6.45, 7) is 6.40. The van der Waals surface area contributed by atoms with E-state index < -0.39 is 0 Å². The summed E-state index contributed by atoms with van der Waals surface area (Å²) in [5.74, 6) is 1.57. The van der Waals surface area contributed by atoms with E-state index in [1.54, 1.807) is 12.1 Å². The van der Waals surface area contributed by atoms with E-state index in [1.807, 2.05) is 51.1 Å². The van der Waals surface area contributed by atoms with Crippen molar-refractivity contribution in [1.82, 2.24) is 15.3 Å². The van der Waals surface area contributed by atoms with Gasteiger partial charge in [0.05, 0.1) is 12.6 Å². The zero-order valence-electron chi connectivity index (χ0n) is 17.1. The smallest absolute Gasteiger partial charge is 0.231 e. The van der Waals surface area contributed by atoms with Gasteiger partial charge in [-0.05, 0) is 75.0 Å². The number of ether oxygens (including phenoxy) is 1. The predicted octanol–water partition coefficient (Wildman–Crippen LogP) is 5.11. The number of hydrogen-bond acceptors (Lipinski definition) is 5. The lowest BCUT2D eigenvalue weighted by molar-refractivity contribution is 0.340. The Morgan fingerprint density at radius 1 is 1.10 bits per heavy atom. The van der Waals surface area contributed by atoms with Crippen LogP contribution in [0.25, 0.3) is 0 Å². The van der Waals surface area contributed by atoms with Gasteiger partial charge in [-0.1, -0.05) is 12.1 Å². The molecule has 6 nitrogen and oxygen atoms in total. The van der Waals surface area contributed by atoms with E-state index in [-0.39, 0.29) is 11.9 Å². The van der Waals surface area contributed by atoms with E-state index in [4.69, 9.17) is 17.0 Å². The molecule has 1 atom stereocenters. The largest absolute Gasteiger partial charge is 0.494 e. The van der Waals surface area contributed by atoms with Crippen molar-refractivity contribution in [3.63, 3.8) is 0 Å². The molecule has 30 heavy (non-hydrogen) atoms. The lowest BCUT2D eigenvalue weighted by Gasteiger charge is -2.17. The molecule has 3 rings (SSSR count). The van der Waals surface area contributed by atoms with Crippen LogP contribution in [0, 0.1) is 12.7 Å². The quantitative estimate of drug-likeness (QED) is 0.454. The van der Waals surface area contributed by atoms with E-state index >= 15 is 0 Å². The molecule has 1 heterocycles. The summed E-state index contributed by atoms with van der Waals surface area (Å²) in [5, 5.41) is 9.80. The van der Waals surface area contributed by atoms with Crippen molar-refractivity contribution >= 4 is 34.8 Å². The Hall–Kier alpha value is -3.26. The maximum Gasteiger partial charge on any atom is 0.231 e. The Balaban J connectivity index is 1.64. The maximum absolute atomic E-state index is 13.1.